The van der Waals surface area contributed by atoms with Crippen LogP contribution in [-0.2, 0) is 0 Å². The first-order valence-electron chi connectivity index (χ1n) is 9.60. The highest BCUT2D eigenvalue weighted by Gasteiger charge is 2.24. The van der Waals surface area contributed by atoms with Crippen molar-refractivity contribution >= 4 is 17.4 Å². The second kappa shape index (κ2) is 8.37. The van der Waals surface area contributed by atoms with Crippen molar-refractivity contribution in [3.05, 3.63) is 41.3 Å². The van der Waals surface area contributed by atoms with E-state index in [9.17, 15) is 4.79 Å². The molecule has 1 fully saturated rings. The van der Waals surface area contributed by atoms with Crippen LogP contribution in [0.2, 0.25) is 0 Å². The number of carbonyl (C=O) groups is 1. The quantitative estimate of drug-likeness (QED) is 0.860. The smallest absolute Gasteiger partial charge is 0.274 e. The van der Waals surface area contributed by atoms with Crippen LogP contribution in [0.3, 0.4) is 0 Å². The molecule has 6 heteroatoms. The highest BCUT2D eigenvalue weighted by atomic mass is 16.5. The third kappa shape index (κ3) is 4.38. The number of benzene rings is 1. The molecule has 1 unspecified atom stereocenters. The number of amides is 1. The number of aryl methyl sites for hydroxylation is 2. The third-order valence-corrected chi connectivity index (χ3v) is 5.05. The van der Waals surface area contributed by atoms with Gasteiger partial charge in [0, 0.05) is 18.7 Å². The summed E-state index contributed by atoms with van der Waals surface area (Å²) in [5.41, 5.74) is 2.07. The molecule has 6 nitrogen and oxygen atoms in total. The topological polar surface area (TPSA) is 67.4 Å². The molecule has 0 aliphatic carbocycles. The molecule has 144 valence electrons. The minimum Gasteiger partial charge on any atom is -0.495 e. The van der Waals surface area contributed by atoms with Gasteiger partial charge in [0.25, 0.3) is 5.91 Å². The van der Waals surface area contributed by atoms with E-state index in [2.05, 4.69) is 27.1 Å². The van der Waals surface area contributed by atoms with Gasteiger partial charge in [0.1, 0.15) is 23.1 Å². The van der Waals surface area contributed by atoms with Gasteiger partial charge in [-0.25, -0.2) is 9.97 Å². The lowest BCUT2D eigenvalue weighted by Gasteiger charge is -2.36. The number of piperidine rings is 1. The number of anilines is 2. The number of nitrogens with zero attached hydrogens (tertiary/aromatic N) is 3. The highest BCUT2D eigenvalue weighted by molar-refractivity contribution is 6.04. The van der Waals surface area contributed by atoms with Gasteiger partial charge < -0.3 is 15.0 Å². The molecule has 1 saturated heterocycles. The molecule has 27 heavy (non-hydrogen) atoms. The lowest BCUT2D eigenvalue weighted by atomic mass is 10.00. The molecule has 3 rings (SSSR count). The van der Waals surface area contributed by atoms with Crippen LogP contribution < -0.4 is 15.0 Å². The molecule has 2 aromatic rings. The SMILES string of the molecule is CCC1CCCCN1c1cc(C(=O)Nc2cc(C)ccc2OC)nc(C)n1. The Hall–Kier alpha value is -2.63. The Morgan fingerprint density at radius 3 is 2.81 bits per heavy atom. The van der Waals surface area contributed by atoms with Gasteiger partial charge in [0.2, 0.25) is 0 Å². The van der Waals surface area contributed by atoms with Crippen molar-refractivity contribution < 1.29 is 9.53 Å². The van der Waals surface area contributed by atoms with Crippen LogP contribution in [0, 0.1) is 13.8 Å². The first kappa shape index (κ1) is 19.1. The Morgan fingerprint density at radius 2 is 2.07 bits per heavy atom. The maximum atomic E-state index is 12.9. The van der Waals surface area contributed by atoms with Crippen molar-refractivity contribution in [2.24, 2.45) is 0 Å². The summed E-state index contributed by atoms with van der Waals surface area (Å²) >= 11 is 0. The Bertz CT molecular complexity index is 822. The number of carbonyl (C=O) groups excluding carboxylic acids is 1. The van der Waals surface area contributed by atoms with Crippen LogP contribution in [0.4, 0.5) is 11.5 Å². The molecule has 1 aromatic heterocycles. The molecule has 0 bridgehead atoms. The minimum absolute atomic E-state index is 0.254. The van der Waals surface area contributed by atoms with Crippen molar-refractivity contribution in [2.75, 3.05) is 23.9 Å². The summed E-state index contributed by atoms with van der Waals surface area (Å²) in [5.74, 6) is 1.82. The average Bonchev–Trinajstić information content (AvgIpc) is 2.67. The lowest BCUT2D eigenvalue weighted by Crippen LogP contribution is -2.40. The summed E-state index contributed by atoms with van der Waals surface area (Å²) in [6, 6.07) is 7.96. The Morgan fingerprint density at radius 1 is 1.26 bits per heavy atom. The van der Waals surface area contributed by atoms with E-state index in [0.29, 0.717) is 29.0 Å². The Balaban J connectivity index is 1.87. The van der Waals surface area contributed by atoms with E-state index in [-0.39, 0.29) is 5.91 Å². The van der Waals surface area contributed by atoms with Gasteiger partial charge in [-0.05, 0) is 57.2 Å². The fraction of sp³-hybridized carbons (Fsp3) is 0.476. The van der Waals surface area contributed by atoms with E-state index in [1.165, 1.54) is 12.8 Å². The molecule has 1 aliphatic heterocycles. The number of nitrogens with one attached hydrogen (secondary N) is 1. The molecule has 0 saturated carbocycles. The molecule has 1 atom stereocenters. The van der Waals surface area contributed by atoms with Gasteiger partial charge in [0.15, 0.2) is 0 Å². The summed E-state index contributed by atoms with van der Waals surface area (Å²) < 4.78 is 5.35. The predicted octanol–water partition coefficient (Wildman–Crippen LogP) is 4.12. The monoisotopic (exact) mass is 368 g/mol. The minimum atomic E-state index is -0.254. The molecule has 1 amide bonds. The van der Waals surface area contributed by atoms with Crippen molar-refractivity contribution in [3.8, 4) is 5.75 Å². The summed E-state index contributed by atoms with van der Waals surface area (Å²) in [6.07, 6.45) is 4.65. The van der Waals surface area contributed by atoms with Crippen molar-refractivity contribution in [3.63, 3.8) is 0 Å². The zero-order valence-corrected chi connectivity index (χ0v) is 16.6. The number of methoxy groups -OCH3 is 1. The van der Waals surface area contributed by atoms with E-state index in [0.717, 1.165) is 30.8 Å². The molecule has 1 N–H and O–H groups in total. The Labute approximate surface area is 161 Å². The van der Waals surface area contributed by atoms with Gasteiger partial charge in [-0.3, -0.25) is 4.79 Å². The van der Waals surface area contributed by atoms with Gasteiger partial charge in [0.05, 0.1) is 12.8 Å². The summed E-state index contributed by atoms with van der Waals surface area (Å²) in [7, 11) is 1.59. The van der Waals surface area contributed by atoms with Gasteiger partial charge in [-0.15, -0.1) is 0 Å². The molecular formula is C21H28N4O2. The number of hydrogen-bond donors (Lipinski definition) is 1. The van der Waals surface area contributed by atoms with Crippen molar-refractivity contribution in [1.29, 1.82) is 0 Å². The maximum absolute atomic E-state index is 12.9. The lowest BCUT2D eigenvalue weighted by molar-refractivity contribution is 0.102. The van der Waals surface area contributed by atoms with E-state index in [1.807, 2.05) is 32.0 Å². The molecule has 0 spiro atoms. The second-order valence-electron chi connectivity index (χ2n) is 7.07. The van der Waals surface area contributed by atoms with E-state index in [4.69, 9.17) is 4.74 Å². The number of aromatic nitrogens is 2. The molecular weight excluding hydrogens is 340 g/mol. The van der Waals surface area contributed by atoms with Crippen LogP contribution in [0.1, 0.15) is 54.5 Å². The van der Waals surface area contributed by atoms with Crippen LogP contribution >= 0.6 is 0 Å². The highest BCUT2D eigenvalue weighted by Crippen LogP contribution is 2.27. The average molecular weight is 368 g/mol. The number of ether oxygens (including phenoxy) is 1. The van der Waals surface area contributed by atoms with Crippen LogP contribution in [-0.4, -0.2) is 35.6 Å². The fourth-order valence-electron chi connectivity index (χ4n) is 3.65. The fourth-order valence-corrected chi connectivity index (χ4v) is 3.65. The predicted molar refractivity (Wildman–Crippen MR) is 108 cm³/mol. The summed E-state index contributed by atoms with van der Waals surface area (Å²) in [4.78, 5) is 24.1. The first-order chi connectivity index (χ1) is 13.0. The maximum Gasteiger partial charge on any atom is 0.274 e. The molecule has 1 aliphatic rings. The first-order valence-corrected chi connectivity index (χ1v) is 9.60. The van der Waals surface area contributed by atoms with E-state index >= 15 is 0 Å². The van der Waals surface area contributed by atoms with E-state index in [1.54, 1.807) is 13.2 Å². The van der Waals surface area contributed by atoms with Gasteiger partial charge in [-0.2, -0.15) is 0 Å². The van der Waals surface area contributed by atoms with Gasteiger partial charge >= 0.3 is 0 Å². The van der Waals surface area contributed by atoms with Crippen molar-refractivity contribution in [1.82, 2.24) is 9.97 Å². The zero-order valence-electron chi connectivity index (χ0n) is 16.6. The zero-order chi connectivity index (χ0) is 19.4. The largest absolute Gasteiger partial charge is 0.495 e. The number of hydrogen-bond acceptors (Lipinski definition) is 5. The van der Waals surface area contributed by atoms with Crippen LogP contribution in [0.5, 0.6) is 5.75 Å². The third-order valence-electron chi connectivity index (χ3n) is 5.05. The van der Waals surface area contributed by atoms with Crippen molar-refractivity contribution in [2.45, 2.75) is 52.5 Å². The number of rotatable bonds is 5. The van der Waals surface area contributed by atoms with Crippen LogP contribution in [0.25, 0.3) is 0 Å². The second-order valence-corrected chi connectivity index (χ2v) is 7.07. The molecule has 1 aromatic carbocycles. The van der Waals surface area contributed by atoms with Crippen LogP contribution in [0.15, 0.2) is 24.3 Å². The summed E-state index contributed by atoms with van der Waals surface area (Å²) in [5, 5.41) is 2.93. The molecule has 0 radical (unpaired) electrons. The normalized spacial score (nSPS) is 16.9. The summed E-state index contributed by atoms with van der Waals surface area (Å²) in [6.45, 7) is 6.98. The van der Waals surface area contributed by atoms with Gasteiger partial charge in [-0.1, -0.05) is 13.0 Å². The molecule has 2 heterocycles. The standard InChI is InChI=1S/C21H28N4O2/c1-5-16-8-6-7-11-25(16)20-13-18(22-15(3)23-20)21(26)24-17-12-14(2)9-10-19(17)27-4/h9-10,12-13,16H,5-8,11H2,1-4H3,(H,24,26). The Kier molecular flexibility index (Phi) is 5.94. The van der Waals surface area contributed by atoms with E-state index < -0.39 is 0 Å².